The fourth-order valence-corrected chi connectivity index (χ4v) is 0.959. The molecule has 0 unspecified atom stereocenters. The lowest BCUT2D eigenvalue weighted by molar-refractivity contribution is 0.255. The summed E-state index contributed by atoms with van der Waals surface area (Å²) in [6.07, 6.45) is 1.48. The van der Waals surface area contributed by atoms with Crippen LogP contribution in [0.5, 0.6) is 0 Å². The number of nitrogens with one attached hydrogen (secondary N) is 2. The van der Waals surface area contributed by atoms with Gasteiger partial charge in [0.15, 0.2) is 0 Å². The van der Waals surface area contributed by atoms with Crippen molar-refractivity contribution in [2.45, 2.75) is 13.8 Å². The van der Waals surface area contributed by atoms with Crippen molar-refractivity contribution in [3.05, 3.63) is 41.6 Å². The van der Waals surface area contributed by atoms with Crippen LogP contribution < -0.4 is 10.6 Å². The van der Waals surface area contributed by atoms with Crippen LogP contribution in [0.2, 0.25) is 0 Å². The highest BCUT2D eigenvalue weighted by atomic mass is 19.1. The monoisotopic (exact) mass is 226 g/mol. The molecule has 2 amide bonds. The summed E-state index contributed by atoms with van der Waals surface area (Å²) in [6.45, 7) is 3.61. The maximum absolute atomic E-state index is 13.1. The van der Waals surface area contributed by atoms with Crippen LogP contribution in [-0.2, 0) is 0 Å². The number of benzene rings is 1. The molecule has 0 atom stereocenters. The van der Waals surface area contributed by atoms with E-state index in [1.807, 2.05) is 0 Å². The minimum absolute atomic E-state index is 0.0685. The number of hydrogen-bond donors (Lipinski definition) is 2. The highest BCUT2D eigenvalue weighted by molar-refractivity contribution is 5.89. The Balaban J connectivity index is 2.66. The molecule has 0 saturated heterocycles. The van der Waals surface area contributed by atoms with E-state index in [1.165, 1.54) is 6.20 Å². The summed E-state index contributed by atoms with van der Waals surface area (Å²) < 4.78 is 25.7. The highest BCUT2D eigenvalue weighted by Crippen LogP contribution is 2.14. The summed E-state index contributed by atoms with van der Waals surface area (Å²) in [4.78, 5) is 11.2. The number of rotatable bonds is 2. The molecule has 1 rings (SSSR count). The van der Waals surface area contributed by atoms with Gasteiger partial charge in [0.1, 0.15) is 11.6 Å². The van der Waals surface area contributed by atoms with E-state index in [2.05, 4.69) is 10.6 Å². The fraction of sp³-hybridized carbons (Fsp3) is 0.182. The van der Waals surface area contributed by atoms with Crippen molar-refractivity contribution >= 4 is 11.7 Å². The first kappa shape index (κ1) is 12.2. The molecular formula is C11H12F2N2O. The second-order valence-corrected chi connectivity index (χ2v) is 3.44. The molecular weight excluding hydrogens is 214 g/mol. The molecule has 3 nitrogen and oxygen atoms in total. The number of hydrogen-bond acceptors (Lipinski definition) is 1. The van der Waals surface area contributed by atoms with Gasteiger partial charge in [-0.25, -0.2) is 13.6 Å². The van der Waals surface area contributed by atoms with Gasteiger partial charge in [0.25, 0.3) is 0 Å². The Morgan fingerprint density at radius 3 is 2.56 bits per heavy atom. The highest BCUT2D eigenvalue weighted by Gasteiger charge is 2.06. The van der Waals surface area contributed by atoms with Crippen LogP contribution in [0.25, 0.3) is 0 Å². The van der Waals surface area contributed by atoms with Gasteiger partial charge in [-0.1, -0.05) is 5.57 Å². The molecule has 16 heavy (non-hydrogen) atoms. The average molecular weight is 226 g/mol. The lowest BCUT2D eigenvalue weighted by Gasteiger charge is -2.05. The minimum Gasteiger partial charge on any atom is -0.314 e. The van der Waals surface area contributed by atoms with Gasteiger partial charge in [0, 0.05) is 12.3 Å². The number of allylic oxidation sites excluding steroid dienone is 1. The van der Waals surface area contributed by atoms with Crippen molar-refractivity contribution in [3.8, 4) is 0 Å². The number of halogens is 2. The van der Waals surface area contributed by atoms with Crippen LogP contribution in [0.3, 0.4) is 0 Å². The van der Waals surface area contributed by atoms with E-state index in [1.54, 1.807) is 13.8 Å². The molecule has 0 heterocycles. The van der Waals surface area contributed by atoms with Gasteiger partial charge < -0.3 is 10.6 Å². The molecule has 0 radical (unpaired) electrons. The molecule has 5 heteroatoms. The lowest BCUT2D eigenvalue weighted by Crippen LogP contribution is -2.24. The van der Waals surface area contributed by atoms with Gasteiger partial charge in [-0.15, -0.1) is 0 Å². The first-order valence-electron chi connectivity index (χ1n) is 4.65. The average Bonchev–Trinajstić information content (AvgIpc) is 2.19. The summed E-state index contributed by atoms with van der Waals surface area (Å²) >= 11 is 0. The molecule has 0 saturated carbocycles. The first-order valence-corrected chi connectivity index (χ1v) is 4.65. The van der Waals surface area contributed by atoms with E-state index in [9.17, 15) is 13.6 Å². The van der Waals surface area contributed by atoms with Crippen LogP contribution in [0, 0.1) is 11.6 Å². The van der Waals surface area contributed by atoms with E-state index in [-0.39, 0.29) is 5.69 Å². The summed E-state index contributed by atoms with van der Waals surface area (Å²) in [7, 11) is 0. The van der Waals surface area contributed by atoms with Crippen LogP contribution in [0.1, 0.15) is 13.8 Å². The number of carbonyl (C=O) groups excluding carboxylic acids is 1. The van der Waals surface area contributed by atoms with Crippen LogP contribution in [-0.4, -0.2) is 6.03 Å². The number of carbonyl (C=O) groups is 1. The topological polar surface area (TPSA) is 41.1 Å². The lowest BCUT2D eigenvalue weighted by atomic mass is 10.3. The number of urea groups is 1. The second-order valence-electron chi connectivity index (χ2n) is 3.44. The molecule has 86 valence electrons. The summed E-state index contributed by atoms with van der Waals surface area (Å²) in [5.41, 5.74) is 0.829. The zero-order valence-electron chi connectivity index (χ0n) is 8.97. The third kappa shape index (κ3) is 3.68. The minimum atomic E-state index is -0.813. The standard InChI is InChI=1S/C11H12F2N2O/c1-7(2)6-14-11(16)15-10-4-3-8(12)5-9(10)13/h3-6H,1-2H3,(H2,14,15,16). The molecule has 0 aliphatic heterocycles. The van der Waals surface area contributed by atoms with E-state index < -0.39 is 17.7 Å². The Kier molecular flexibility index (Phi) is 3.99. The zero-order chi connectivity index (χ0) is 12.1. The van der Waals surface area contributed by atoms with Crippen molar-refractivity contribution in [2.24, 2.45) is 0 Å². The zero-order valence-corrected chi connectivity index (χ0v) is 8.97. The largest absolute Gasteiger partial charge is 0.323 e. The van der Waals surface area contributed by atoms with Crippen LogP contribution in [0.15, 0.2) is 30.0 Å². The molecule has 0 aliphatic carbocycles. The first-order chi connectivity index (χ1) is 7.49. The fourth-order valence-electron chi connectivity index (χ4n) is 0.959. The van der Waals surface area contributed by atoms with E-state index in [0.29, 0.717) is 6.07 Å². The van der Waals surface area contributed by atoms with E-state index >= 15 is 0 Å². The molecule has 0 aromatic heterocycles. The van der Waals surface area contributed by atoms with Gasteiger partial charge >= 0.3 is 6.03 Å². The van der Waals surface area contributed by atoms with E-state index in [0.717, 1.165) is 17.7 Å². The van der Waals surface area contributed by atoms with E-state index in [4.69, 9.17) is 0 Å². The summed E-state index contributed by atoms with van der Waals surface area (Å²) in [6, 6.07) is 2.36. The third-order valence-electron chi connectivity index (χ3n) is 1.67. The van der Waals surface area contributed by atoms with Crippen LogP contribution >= 0.6 is 0 Å². The Hall–Kier alpha value is -1.91. The quantitative estimate of drug-likeness (QED) is 0.799. The van der Waals surface area contributed by atoms with Crippen molar-refractivity contribution in [1.29, 1.82) is 0 Å². The molecule has 2 N–H and O–H groups in total. The SMILES string of the molecule is CC(C)=CNC(=O)Nc1ccc(F)cc1F. The van der Waals surface area contributed by atoms with Gasteiger partial charge in [0.2, 0.25) is 0 Å². The predicted octanol–water partition coefficient (Wildman–Crippen LogP) is 3.01. The Bertz CT molecular complexity index is 426. The Morgan fingerprint density at radius 1 is 1.31 bits per heavy atom. The van der Waals surface area contributed by atoms with Gasteiger partial charge in [-0.3, -0.25) is 0 Å². The van der Waals surface area contributed by atoms with Gasteiger partial charge in [0.05, 0.1) is 5.69 Å². The number of anilines is 1. The van der Waals surface area contributed by atoms with Crippen molar-refractivity contribution in [2.75, 3.05) is 5.32 Å². The number of amides is 2. The molecule has 0 fully saturated rings. The second kappa shape index (κ2) is 5.25. The van der Waals surface area contributed by atoms with Gasteiger partial charge in [-0.2, -0.15) is 0 Å². The van der Waals surface area contributed by atoms with Crippen molar-refractivity contribution in [1.82, 2.24) is 5.32 Å². The third-order valence-corrected chi connectivity index (χ3v) is 1.67. The molecule has 1 aromatic rings. The summed E-state index contributed by atoms with van der Waals surface area (Å²) in [5, 5.41) is 4.66. The molecule has 0 bridgehead atoms. The van der Waals surface area contributed by atoms with Crippen LogP contribution in [0.4, 0.5) is 19.3 Å². The Labute approximate surface area is 92.2 Å². The van der Waals surface area contributed by atoms with Gasteiger partial charge in [-0.05, 0) is 26.0 Å². The Morgan fingerprint density at radius 2 is 2.00 bits per heavy atom. The molecule has 0 aliphatic rings. The normalized spacial score (nSPS) is 9.50. The van der Waals surface area contributed by atoms with Crippen molar-refractivity contribution in [3.63, 3.8) is 0 Å². The van der Waals surface area contributed by atoms with Crippen molar-refractivity contribution < 1.29 is 13.6 Å². The predicted molar refractivity (Wildman–Crippen MR) is 57.9 cm³/mol. The molecule has 1 aromatic carbocycles. The maximum Gasteiger partial charge on any atom is 0.323 e. The molecule has 0 spiro atoms. The maximum atomic E-state index is 13.1. The summed E-state index contributed by atoms with van der Waals surface area (Å²) in [5.74, 6) is -1.50. The smallest absolute Gasteiger partial charge is 0.314 e.